The van der Waals surface area contributed by atoms with Gasteiger partial charge < -0.3 is 10.6 Å². The highest BCUT2D eigenvalue weighted by Gasteiger charge is 2.22. The summed E-state index contributed by atoms with van der Waals surface area (Å²) in [6, 6.07) is 6.34. The molecule has 0 saturated heterocycles. The lowest BCUT2D eigenvalue weighted by Gasteiger charge is -2.18. The van der Waals surface area contributed by atoms with Crippen LogP contribution in [0.5, 0.6) is 0 Å². The second-order valence-electron chi connectivity index (χ2n) is 9.05. The first-order chi connectivity index (χ1) is 15.3. The van der Waals surface area contributed by atoms with E-state index in [0.29, 0.717) is 23.5 Å². The van der Waals surface area contributed by atoms with Gasteiger partial charge in [-0.2, -0.15) is 4.98 Å². The van der Waals surface area contributed by atoms with Gasteiger partial charge in [-0.3, -0.25) is 4.79 Å². The van der Waals surface area contributed by atoms with E-state index in [-0.39, 0.29) is 11.0 Å². The molecular formula is C23H27N7OS. The van der Waals surface area contributed by atoms with Crippen molar-refractivity contribution >= 4 is 34.0 Å². The summed E-state index contributed by atoms with van der Waals surface area (Å²) in [4.78, 5) is 26.8. The number of hydrogen-bond acceptors (Lipinski definition) is 7. The molecule has 1 aromatic carbocycles. The largest absolute Gasteiger partial charge is 0.324 e. The maximum absolute atomic E-state index is 13.0. The van der Waals surface area contributed by atoms with Gasteiger partial charge in [-0.05, 0) is 43.1 Å². The van der Waals surface area contributed by atoms with Crippen LogP contribution in [0.4, 0.5) is 11.6 Å². The first kappa shape index (κ1) is 20.8. The van der Waals surface area contributed by atoms with Gasteiger partial charge in [-0.15, -0.1) is 0 Å². The van der Waals surface area contributed by atoms with Crippen LogP contribution >= 0.6 is 11.3 Å². The highest BCUT2D eigenvalue weighted by atomic mass is 32.1. The van der Waals surface area contributed by atoms with E-state index >= 15 is 0 Å². The second-order valence-corrected chi connectivity index (χ2v) is 10.1. The molecule has 2 N–H and O–H groups in total. The third-order valence-corrected chi connectivity index (χ3v) is 7.07. The molecule has 5 rings (SSSR count). The van der Waals surface area contributed by atoms with E-state index in [0.717, 1.165) is 35.2 Å². The third kappa shape index (κ3) is 3.61. The van der Waals surface area contributed by atoms with Crippen LogP contribution in [0.2, 0.25) is 0 Å². The van der Waals surface area contributed by atoms with E-state index < -0.39 is 0 Å². The van der Waals surface area contributed by atoms with Crippen molar-refractivity contribution in [1.29, 1.82) is 0 Å². The molecule has 0 spiro atoms. The van der Waals surface area contributed by atoms with Crippen molar-refractivity contribution in [1.82, 2.24) is 29.6 Å². The van der Waals surface area contributed by atoms with Crippen LogP contribution < -0.4 is 16.2 Å². The molecule has 0 aliphatic carbocycles. The molecule has 32 heavy (non-hydrogen) atoms. The molecule has 0 bridgehead atoms. The van der Waals surface area contributed by atoms with Crippen LogP contribution in [0.1, 0.15) is 43.8 Å². The molecule has 166 valence electrons. The van der Waals surface area contributed by atoms with Gasteiger partial charge in [-0.25, -0.2) is 19.3 Å². The van der Waals surface area contributed by atoms with Gasteiger partial charge in [0.25, 0.3) is 5.56 Å². The lowest BCUT2D eigenvalue weighted by molar-refractivity contribution is 0.579. The van der Waals surface area contributed by atoms with Gasteiger partial charge in [0.15, 0.2) is 5.65 Å². The first-order valence-corrected chi connectivity index (χ1v) is 11.7. The molecule has 3 aromatic heterocycles. The van der Waals surface area contributed by atoms with Crippen LogP contribution in [-0.2, 0) is 24.9 Å². The molecule has 1 aliphatic heterocycles. The van der Waals surface area contributed by atoms with Crippen molar-refractivity contribution in [3.63, 3.8) is 0 Å². The molecule has 0 radical (unpaired) electrons. The minimum atomic E-state index is -0.0963. The molecule has 0 amide bonds. The van der Waals surface area contributed by atoms with Gasteiger partial charge in [0.05, 0.1) is 6.20 Å². The van der Waals surface area contributed by atoms with Crippen molar-refractivity contribution in [2.24, 2.45) is 0 Å². The average molecular weight is 450 g/mol. The van der Waals surface area contributed by atoms with Crippen LogP contribution in [0.15, 0.2) is 35.4 Å². The molecule has 0 unspecified atom stereocenters. The standard InChI is InChI=1S/C23H27N7OS/c1-5-29-20(31)17-12-26-22(27-16-7-6-15-11-24-9-8-14(15)10-16)28-19(17)30(29)18-13-25-21(32-18)23(2,3)4/h6-7,10,12-13,24H,5,8-9,11H2,1-4H3,(H,26,27,28). The van der Waals surface area contributed by atoms with E-state index in [9.17, 15) is 4.79 Å². The summed E-state index contributed by atoms with van der Waals surface area (Å²) in [5, 5.41) is 9.10. The Balaban J connectivity index is 1.58. The maximum Gasteiger partial charge on any atom is 0.278 e. The zero-order valence-electron chi connectivity index (χ0n) is 18.8. The Morgan fingerprint density at radius 2 is 2.03 bits per heavy atom. The zero-order valence-corrected chi connectivity index (χ0v) is 19.6. The van der Waals surface area contributed by atoms with E-state index in [1.807, 2.05) is 23.9 Å². The van der Waals surface area contributed by atoms with Crippen molar-refractivity contribution < 1.29 is 0 Å². The average Bonchev–Trinajstić information content (AvgIpc) is 3.36. The smallest absolute Gasteiger partial charge is 0.278 e. The Bertz CT molecular complexity index is 1360. The Kier molecular flexibility index (Phi) is 5.10. The topological polar surface area (TPSA) is 89.7 Å². The Morgan fingerprint density at radius 1 is 1.19 bits per heavy atom. The fraction of sp³-hybridized carbons (Fsp3) is 0.391. The molecule has 0 atom stereocenters. The van der Waals surface area contributed by atoms with Crippen molar-refractivity contribution in [3.8, 4) is 5.00 Å². The Morgan fingerprint density at radius 3 is 2.78 bits per heavy atom. The molecule has 0 saturated carbocycles. The summed E-state index contributed by atoms with van der Waals surface area (Å²) < 4.78 is 3.56. The van der Waals surface area contributed by atoms with Gasteiger partial charge in [0.1, 0.15) is 15.4 Å². The van der Waals surface area contributed by atoms with E-state index in [4.69, 9.17) is 4.98 Å². The number of nitrogens with zero attached hydrogens (tertiary/aromatic N) is 5. The molecular weight excluding hydrogens is 422 g/mol. The highest BCUT2D eigenvalue weighted by molar-refractivity contribution is 7.14. The summed E-state index contributed by atoms with van der Waals surface area (Å²) in [7, 11) is 0. The number of hydrogen-bond donors (Lipinski definition) is 2. The van der Waals surface area contributed by atoms with E-state index in [2.05, 4.69) is 53.5 Å². The quantitative estimate of drug-likeness (QED) is 0.493. The number of fused-ring (bicyclic) bond motifs is 2. The van der Waals surface area contributed by atoms with Crippen LogP contribution in [0.3, 0.4) is 0 Å². The number of nitrogens with one attached hydrogen (secondary N) is 2. The third-order valence-electron chi connectivity index (χ3n) is 5.67. The fourth-order valence-electron chi connectivity index (χ4n) is 3.99. The maximum atomic E-state index is 13.0. The first-order valence-electron chi connectivity index (χ1n) is 10.9. The normalized spacial score (nSPS) is 14.0. The highest BCUT2D eigenvalue weighted by Crippen LogP contribution is 2.30. The summed E-state index contributed by atoms with van der Waals surface area (Å²) >= 11 is 1.58. The van der Waals surface area contributed by atoms with E-state index in [1.54, 1.807) is 22.2 Å². The SMILES string of the molecule is CCn1c(=O)c2cnc(Nc3ccc4c(c3)CCNC4)nc2n1-c1cnc(C(C)(C)C)s1. The molecule has 4 heterocycles. The predicted octanol–water partition coefficient (Wildman–Crippen LogP) is 3.75. The fourth-order valence-corrected chi connectivity index (χ4v) is 4.98. The van der Waals surface area contributed by atoms with Gasteiger partial charge in [0.2, 0.25) is 5.95 Å². The van der Waals surface area contributed by atoms with Gasteiger partial charge in [-0.1, -0.05) is 38.2 Å². The summed E-state index contributed by atoms with van der Waals surface area (Å²) in [6.07, 6.45) is 4.44. The Labute approximate surface area is 190 Å². The summed E-state index contributed by atoms with van der Waals surface area (Å²) in [5.41, 5.74) is 4.03. The molecule has 8 nitrogen and oxygen atoms in total. The van der Waals surface area contributed by atoms with Gasteiger partial charge in [0, 0.05) is 30.4 Å². The van der Waals surface area contributed by atoms with Crippen molar-refractivity contribution in [3.05, 3.63) is 57.1 Å². The number of anilines is 2. The van der Waals surface area contributed by atoms with Gasteiger partial charge >= 0.3 is 0 Å². The van der Waals surface area contributed by atoms with Crippen molar-refractivity contribution in [2.75, 3.05) is 11.9 Å². The summed E-state index contributed by atoms with van der Waals surface area (Å²) in [5.74, 6) is 0.467. The molecule has 1 aliphatic rings. The predicted molar refractivity (Wildman–Crippen MR) is 128 cm³/mol. The number of benzene rings is 1. The minimum absolute atomic E-state index is 0.0626. The zero-order chi connectivity index (χ0) is 22.5. The minimum Gasteiger partial charge on any atom is -0.324 e. The molecule has 4 aromatic rings. The number of rotatable bonds is 4. The Hall–Kier alpha value is -3.04. The number of aromatic nitrogens is 5. The van der Waals surface area contributed by atoms with Crippen LogP contribution in [-0.4, -0.2) is 30.9 Å². The van der Waals surface area contributed by atoms with Crippen LogP contribution in [0.25, 0.3) is 16.0 Å². The van der Waals surface area contributed by atoms with Crippen LogP contribution in [0, 0.1) is 0 Å². The lowest BCUT2D eigenvalue weighted by atomic mass is 9.98. The number of thiazole rings is 1. The second kappa shape index (κ2) is 7.83. The molecule has 9 heteroatoms. The summed E-state index contributed by atoms with van der Waals surface area (Å²) in [6.45, 7) is 10.8. The van der Waals surface area contributed by atoms with E-state index in [1.165, 1.54) is 11.1 Å². The van der Waals surface area contributed by atoms with Crippen molar-refractivity contribution in [2.45, 2.75) is 52.6 Å². The lowest BCUT2D eigenvalue weighted by Crippen LogP contribution is -2.23. The monoisotopic (exact) mass is 449 g/mol. The molecule has 0 fully saturated rings.